The molecule has 1 fully saturated rings. The van der Waals surface area contributed by atoms with Crippen molar-refractivity contribution in [1.29, 1.82) is 0 Å². The Bertz CT molecular complexity index is 1510. The zero-order valence-corrected chi connectivity index (χ0v) is 23.3. The van der Waals surface area contributed by atoms with Crippen LogP contribution in [-0.2, 0) is 9.84 Å². The predicted octanol–water partition coefficient (Wildman–Crippen LogP) is 2.93. The number of aromatic amines is 1. The Hall–Kier alpha value is -3.03. The van der Waals surface area contributed by atoms with Crippen LogP contribution in [0.15, 0.2) is 24.8 Å². The molecule has 198 valence electrons. The van der Waals surface area contributed by atoms with E-state index in [-0.39, 0.29) is 17.7 Å². The second-order valence-corrected chi connectivity index (χ2v) is 13.1. The third kappa shape index (κ3) is 5.20. The highest BCUT2D eigenvalue weighted by Gasteiger charge is 2.27. The summed E-state index contributed by atoms with van der Waals surface area (Å²) in [5, 5.41) is 14.2. The van der Waals surface area contributed by atoms with E-state index in [1.54, 1.807) is 23.0 Å². The van der Waals surface area contributed by atoms with Gasteiger partial charge in [0.2, 0.25) is 0 Å². The number of rotatable bonds is 8. The predicted molar refractivity (Wildman–Crippen MR) is 145 cm³/mol. The Balaban J connectivity index is 1.41. The quantitative estimate of drug-likeness (QED) is 0.357. The number of sulfone groups is 1. The number of methoxy groups -OCH3 is 1. The molecule has 1 aliphatic rings. The summed E-state index contributed by atoms with van der Waals surface area (Å²) >= 11 is 1.64. The maximum Gasteiger partial charge on any atom is 0.197 e. The first-order valence-electron chi connectivity index (χ1n) is 12.2. The summed E-state index contributed by atoms with van der Waals surface area (Å²) in [6.45, 7) is 9.52. The van der Waals surface area contributed by atoms with Crippen molar-refractivity contribution >= 4 is 31.8 Å². The van der Waals surface area contributed by atoms with Gasteiger partial charge in [-0.05, 0) is 18.9 Å². The van der Waals surface area contributed by atoms with E-state index in [1.807, 2.05) is 18.5 Å². The number of ether oxygens (including phenoxy) is 1. The number of nitrogens with one attached hydrogen (secondary N) is 1. The molecule has 0 spiro atoms. The lowest BCUT2D eigenvalue weighted by Crippen LogP contribution is -2.52. The van der Waals surface area contributed by atoms with Gasteiger partial charge < -0.3 is 9.64 Å². The summed E-state index contributed by atoms with van der Waals surface area (Å²) in [5.74, 6) is 1.03. The summed E-state index contributed by atoms with van der Waals surface area (Å²) in [7, 11) is -1.34. The van der Waals surface area contributed by atoms with E-state index < -0.39 is 9.84 Å². The Morgan fingerprint density at radius 1 is 1.27 bits per heavy atom. The molecule has 0 radical (unpaired) electrons. The molecule has 1 atom stereocenters. The van der Waals surface area contributed by atoms with Gasteiger partial charge in [0, 0.05) is 55.8 Å². The normalized spacial score (nSPS) is 17.2. The van der Waals surface area contributed by atoms with Gasteiger partial charge in [-0.3, -0.25) is 10.00 Å². The standard InChI is InChI=1S/C24H32N8O3S2/c1-15(2)20-21(17-10-18(35-4)23-26-14-27-32(23)13-17)28-29-22(20)24-25-11-19(36-24)31-7-6-30(12-16(31)3)8-9-37(5,33)34/h10-11,13-16H,6-9,12H2,1-5H3,(H,28,29)/t16-/m1/s1. The van der Waals surface area contributed by atoms with E-state index in [2.05, 4.69) is 45.8 Å². The lowest BCUT2D eigenvalue weighted by Gasteiger charge is -2.40. The Morgan fingerprint density at radius 3 is 2.78 bits per heavy atom. The molecule has 1 N–H and O–H groups in total. The minimum Gasteiger partial charge on any atom is -0.493 e. The fourth-order valence-corrected chi connectivity index (χ4v) is 6.49. The van der Waals surface area contributed by atoms with Crippen molar-refractivity contribution in [2.24, 2.45) is 0 Å². The highest BCUT2D eigenvalue weighted by atomic mass is 32.2. The molecule has 0 aliphatic carbocycles. The van der Waals surface area contributed by atoms with E-state index in [1.165, 1.54) is 12.6 Å². The molecule has 0 amide bonds. The number of thiazole rings is 1. The monoisotopic (exact) mass is 544 g/mol. The molecule has 4 aromatic rings. The summed E-state index contributed by atoms with van der Waals surface area (Å²) < 4.78 is 30.4. The maximum atomic E-state index is 11.6. The highest BCUT2D eigenvalue weighted by Crippen LogP contribution is 2.40. The fourth-order valence-electron chi connectivity index (χ4n) is 4.84. The van der Waals surface area contributed by atoms with Gasteiger partial charge in [-0.15, -0.1) is 0 Å². The Labute approximate surface area is 220 Å². The number of hydrogen-bond donors (Lipinski definition) is 1. The molecule has 1 saturated heterocycles. The first-order chi connectivity index (χ1) is 17.6. The molecule has 5 heterocycles. The molecule has 11 nitrogen and oxygen atoms in total. The van der Waals surface area contributed by atoms with Crippen molar-refractivity contribution in [1.82, 2.24) is 34.7 Å². The average Bonchev–Trinajstić information content (AvgIpc) is 3.60. The maximum absolute atomic E-state index is 11.6. The van der Waals surface area contributed by atoms with Crippen molar-refractivity contribution in [3.63, 3.8) is 0 Å². The number of nitrogens with zero attached hydrogens (tertiary/aromatic N) is 7. The Kier molecular flexibility index (Phi) is 6.94. The van der Waals surface area contributed by atoms with Crippen LogP contribution >= 0.6 is 11.3 Å². The highest BCUT2D eigenvalue weighted by molar-refractivity contribution is 7.90. The SMILES string of the molecule is COc1cc(-c2n[nH]c(-c3ncc(N4CCN(CCS(C)(=O)=O)C[C@H]4C)s3)c2C(C)C)cn2ncnc12. The van der Waals surface area contributed by atoms with Gasteiger partial charge in [0.25, 0.3) is 0 Å². The summed E-state index contributed by atoms with van der Waals surface area (Å²) in [5.41, 5.74) is 4.38. The minimum absolute atomic E-state index is 0.195. The minimum atomic E-state index is -2.96. The molecule has 0 aromatic carbocycles. The van der Waals surface area contributed by atoms with Gasteiger partial charge in [0.1, 0.15) is 26.2 Å². The first kappa shape index (κ1) is 25.6. The van der Waals surface area contributed by atoms with Crippen LogP contribution in [0.4, 0.5) is 5.00 Å². The van der Waals surface area contributed by atoms with Crippen molar-refractivity contribution in [3.8, 4) is 27.7 Å². The second-order valence-electron chi connectivity index (χ2n) is 9.82. The van der Waals surface area contributed by atoms with Crippen molar-refractivity contribution in [2.75, 3.05) is 50.2 Å². The van der Waals surface area contributed by atoms with Crippen molar-refractivity contribution in [2.45, 2.75) is 32.7 Å². The molecule has 4 aromatic heterocycles. The van der Waals surface area contributed by atoms with Crippen LogP contribution in [0.5, 0.6) is 5.75 Å². The number of piperazine rings is 1. The van der Waals surface area contributed by atoms with E-state index >= 15 is 0 Å². The molecule has 0 bridgehead atoms. The third-order valence-electron chi connectivity index (χ3n) is 6.70. The first-order valence-corrected chi connectivity index (χ1v) is 15.1. The van der Waals surface area contributed by atoms with Crippen LogP contribution in [0.25, 0.3) is 27.6 Å². The van der Waals surface area contributed by atoms with Gasteiger partial charge in [0.05, 0.1) is 30.4 Å². The number of H-pyrrole nitrogens is 1. The average molecular weight is 545 g/mol. The van der Waals surface area contributed by atoms with E-state index in [0.717, 1.165) is 52.2 Å². The lowest BCUT2D eigenvalue weighted by atomic mass is 9.97. The summed E-state index contributed by atoms with van der Waals surface area (Å²) in [6.07, 6.45) is 6.64. The van der Waals surface area contributed by atoms with E-state index in [9.17, 15) is 8.42 Å². The number of pyridine rings is 1. The number of fused-ring (bicyclic) bond motifs is 1. The van der Waals surface area contributed by atoms with Crippen LogP contribution in [0, 0.1) is 0 Å². The Morgan fingerprint density at radius 2 is 2.08 bits per heavy atom. The smallest absolute Gasteiger partial charge is 0.197 e. The molecule has 5 rings (SSSR count). The van der Waals surface area contributed by atoms with Gasteiger partial charge >= 0.3 is 0 Å². The van der Waals surface area contributed by atoms with Gasteiger partial charge in [0.15, 0.2) is 11.4 Å². The van der Waals surface area contributed by atoms with Crippen LogP contribution in [0.2, 0.25) is 0 Å². The third-order valence-corrected chi connectivity index (χ3v) is 8.67. The zero-order valence-electron chi connectivity index (χ0n) is 21.7. The molecular weight excluding hydrogens is 512 g/mol. The zero-order chi connectivity index (χ0) is 26.3. The molecule has 1 aliphatic heterocycles. The second kappa shape index (κ2) is 10.0. The van der Waals surface area contributed by atoms with Crippen LogP contribution in [-0.4, -0.2) is 94.4 Å². The van der Waals surface area contributed by atoms with Crippen molar-refractivity contribution in [3.05, 3.63) is 30.4 Å². The topological polar surface area (TPSA) is 122 Å². The van der Waals surface area contributed by atoms with Gasteiger partial charge in [-0.2, -0.15) is 10.2 Å². The van der Waals surface area contributed by atoms with Crippen LogP contribution in [0.3, 0.4) is 0 Å². The largest absolute Gasteiger partial charge is 0.493 e. The molecular formula is C24H32N8O3S2. The molecule has 37 heavy (non-hydrogen) atoms. The van der Waals surface area contributed by atoms with Gasteiger partial charge in [-0.1, -0.05) is 25.2 Å². The molecule has 0 saturated carbocycles. The summed E-state index contributed by atoms with van der Waals surface area (Å²) in [6, 6.07) is 2.19. The van der Waals surface area contributed by atoms with Gasteiger partial charge in [-0.25, -0.2) is 22.9 Å². The number of anilines is 1. The van der Waals surface area contributed by atoms with Crippen LogP contribution < -0.4 is 9.64 Å². The van der Waals surface area contributed by atoms with Crippen molar-refractivity contribution < 1.29 is 13.2 Å². The number of aromatic nitrogens is 6. The fraction of sp³-hybridized carbons (Fsp3) is 0.500. The molecule has 0 unspecified atom stereocenters. The molecule has 13 heteroatoms. The van der Waals surface area contributed by atoms with Crippen LogP contribution in [0.1, 0.15) is 32.3 Å². The number of hydrogen-bond acceptors (Lipinski definition) is 10. The lowest BCUT2D eigenvalue weighted by molar-refractivity contribution is 0.241. The summed E-state index contributed by atoms with van der Waals surface area (Å²) in [4.78, 5) is 13.6. The van der Waals surface area contributed by atoms with E-state index in [0.29, 0.717) is 17.9 Å². The van der Waals surface area contributed by atoms with E-state index in [4.69, 9.17) is 14.8 Å².